The normalized spacial score (nSPS) is 10.4. The van der Waals surface area contributed by atoms with Crippen LogP contribution in [0.4, 0.5) is 0 Å². The molecule has 4 heteroatoms. The second-order valence-electron chi connectivity index (χ2n) is 3.34. The summed E-state index contributed by atoms with van der Waals surface area (Å²) in [5.41, 5.74) is 1.72. The van der Waals surface area contributed by atoms with Crippen LogP contribution in [0.2, 0.25) is 10.2 Å². The molecule has 1 aromatic heterocycles. The maximum atomic E-state index is 6.08. The summed E-state index contributed by atoms with van der Waals surface area (Å²) in [6, 6.07) is 9.23. The number of hydrogen-bond acceptors (Lipinski definition) is 2. The van der Waals surface area contributed by atoms with Crippen molar-refractivity contribution in [3.63, 3.8) is 0 Å². The van der Waals surface area contributed by atoms with E-state index in [2.05, 4.69) is 9.97 Å². The fourth-order valence-corrected chi connectivity index (χ4v) is 1.83. The molecule has 0 radical (unpaired) electrons. The molecule has 0 aliphatic rings. The molecule has 0 spiro atoms. The van der Waals surface area contributed by atoms with E-state index in [1.807, 2.05) is 31.2 Å². The molecule has 0 aliphatic carbocycles. The van der Waals surface area contributed by atoms with Gasteiger partial charge in [-0.2, -0.15) is 0 Å². The Morgan fingerprint density at radius 2 is 1.88 bits per heavy atom. The van der Waals surface area contributed by atoms with Crippen LogP contribution >= 0.6 is 23.2 Å². The third-order valence-electron chi connectivity index (χ3n) is 2.22. The van der Waals surface area contributed by atoms with Crippen molar-refractivity contribution in [1.82, 2.24) is 9.97 Å². The smallest absolute Gasteiger partial charge is 0.162 e. The fraction of sp³-hybridized carbons (Fsp3) is 0.167. The summed E-state index contributed by atoms with van der Waals surface area (Å²) in [7, 11) is 0. The Kier molecular flexibility index (Phi) is 3.42. The van der Waals surface area contributed by atoms with Gasteiger partial charge in [0.2, 0.25) is 0 Å². The van der Waals surface area contributed by atoms with Gasteiger partial charge in [-0.05, 0) is 24.6 Å². The van der Waals surface area contributed by atoms with E-state index in [0.717, 1.165) is 17.7 Å². The number of nitrogens with zero attached hydrogens (tertiary/aromatic N) is 2. The lowest BCUT2D eigenvalue weighted by molar-refractivity contribution is 1.01. The van der Waals surface area contributed by atoms with Crippen molar-refractivity contribution in [1.29, 1.82) is 0 Å². The van der Waals surface area contributed by atoms with Crippen LogP contribution < -0.4 is 0 Å². The van der Waals surface area contributed by atoms with Gasteiger partial charge in [-0.3, -0.25) is 0 Å². The molecule has 0 saturated carbocycles. The van der Waals surface area contributed by atoms with E-state index in [1.54, 1.807) is 6.07 Å². The number of aryl methyl sites for hydroxylation is 1. The lowest BCUT2D eigenvalue weighted by Gasteiger charge is -2.05. The molecule has 16 heavy (non-hydrogen) atoms. The molecular weight excluding hydrogens is 243 g/mol. The Morgan fingerprint density at radius 1 is 1.12 bits per heavy atom. The van der Waals surface area contributed by atoms with Gasteiger partial charge in [-0.25, -0.2) is 9.97 Å². The third-order valence-corrected chi connectivity index (χ3v) is 2.75. The van der Waals surface area contributed by atoms with Gasteiger partial charge in [0.05, 0.1) is 5.02 Å². The summed E-state index contributed by atoms with van der Waals surface area (Å²) in [4.78, 5) is 8.59. The summed E-state index contributed by atoms with van der Waals surface area (Å²) in [5.74, 6) is 0.579. The highest BCUT2D eigenvalue weighted by atomic mass is 35.5. The third kappa shape index (κ3) is 2.34. The zero-order chi connectivity index (χ0) is 11.5. The summed E-state index contributed by atoms with van der Waals surface area (Å²) >= 11 is 12.0. The molecule has 0 amide bonds. The first-order valence-electron chi connectivity index (χ1n) is 4.99. The molecule has 2 rings (SSSR count). The van der Waals surface area contributed by atoms with Crippen molar-refractivity contribution in [2.75, 3.05) is 0 Å². The van der Waals surface area contributed by atoms with Gasteiger partial charge in [0.15, 0.2) is 5.82 Å². The molecule has 0 aliphatic heterocycles. The van der Waals surface area contributed by atoms with E-state index in [9.17, 15) is 0 Å². The Hall–Kier alpha value is -1.12. The molecule has 1 aromatic carbocycles. The van der Waals surface area contributed by atoms with E-state index >= 15 is 0 Å². The summed E-state index contributed by atoms with van der Waals surface area (Å²) < 4.78 is 0. The number of benzene rings is 1. The average Bonchev–Trinajstić information content (AvgIpc) is 2.28. The number of halogens is 2. The quantitative estimate of drug-likeness (QED) is 0.755. The molecular formula is C12H10Cl2N2. The number of rotatable bonds is 2. The van der Waals surface area contributed by atoms with Crippen molar-refractivity contribution >= 4 is 23.2 Å². The molecule has 1 heterocycles. The van der Waals surface area contributed by atoms with Gasteiger partial charge >= 0.3 is 0 Å². The van der Waals surface area contributed by atoms with Gasteiger partial charge < -0.3 is 0 Å². The highest BCUT2D eigenvalue weighted by Crippen LogP contribution is 2.25. The van der Waals surface area contributed by atoms with Crippen LogP contribution in [0.3, 0.4) is 0 Å². The maximum Gasteiger partial charge on any atom is 0.162 e. The zero-order valence-corrected chi connectivity index (χ0v) is 10.3. The predicted octanol–water partition coefficient (Wildman–Crippen LogP) is 4.01. The van der Waals surface area contributed by atoms with E-state index in [1.165, 1.54) is 0 Å². The Balaban J connectivity index is 2.56. The van der Waals surface area contributed by atoms with Crippen LogP contribution in [-0.2, 0) is 6.42 Å². The first kappa shape index (κ1) is 11.4. The van der Waals surface area contributed by atoms with Crippen molar-refractivity contribution in [2.24, 2.45) is 0 Å². The van der Waals surface area contributed by atoms with Crippen LogP contribution in [0.15, 0.2) is 30.3 Å². The molecule has 0 fully saturated rings. The zero-order valence-electron chi connectivity index (χ0n) is 8.74. The minimum atomic E-state index is 0.446. The lowest BCUT2D eigenvalue weighted by Crippen LogP contribution is -1.95. The van der Waals surface area contributed by atoms with Gasteiger partial charge in [-0.1, -0.05) is 42.3 Å². The van der Waals surface area contributed by atoms with Crippen LogP contribution in [0.1, 0.15) is 12.6 Å². The molecule has 0 atom stereocenters. The van der Waals surface area contributed by atoms with Crippen LogP contribution in [0, 0.1) is 0 Å². The van der Waals surface area contributed by atoms with Crippen LogP contribution in [0.25, 0.3) is 11.4 Å². The van der Waals surface area contributed by atoms with Crippen molar-refractivity contribution in [3.8, 4) is 11.4 Å². The highest BCUT2D eigenvalue weighted by molar-refractivity contribution is 6.33. The standard InChI is InChI=1S/C12H10Cl2N2/c1-2-8-7-11(14)16-12(15-8)9-5-3-4-6-10(9)13/h3-7H,2H2,1H3. The monoisotopic (exact) mass is 252 g/mol. The topological polar surface area (TPSA) is 25.8 Å². The molecule has 82 valence electrons. The van der Waals surface area contributed by atoms with E-state index < -0.39 is 0 Å². The SMILES string of the molecule is CCc1cc(Cl)nc(-c2ccccc2Cl)n1. The summed E-state index contributed by atoms with van der Waals surface area (Å²) in [5, 5.41) is 1.08. The largest absolute Gasteiger partial charge is 0.233 e. The first-order chi connectivity index (χ1) is 7.70. The highest BCUT2D eigenvalue weighted by Gasteiger charge is 2.07. The van der Waals surface area contributed by atoms with Gasteiger partial charge in [0, 0.05) is 11.3 Å². The predicted molar refractivity (Wildman–Crippen MR) is 66.9 cm³/mol. The van der Waals surface area contributed by atoms with Crippen molar-refractivity contribution in [3.05, 3.63) is 46.2 Å². The van der Waals surface area contributed by atoms with Gasteiger partial charge in [0.1, 0.15) is 5.15 Å². The lowest BCUT2D eigenvalue weighted by atomic mass is 10.2. The van der Waals surface area contributed by atoms with Crippen LogP contribution in [-0.4, -0.2) is 9.97 Å². The van der Waals surface area contributed by atoms with Crippen LogP contribution in [0.5, 0.6) is 0 Å². The van der Waals surface area contributed by atoms with E-state index in [-0.39, 0.29) is 0 Å². The minimum absolute atomic E-state index is 0.446. The fourth-order valence-electron chi connectivity index (χ4n) is 1.41. The number of aromatic nitrogens is 2. The molecule has 0 bridgehead atoms. The average molecular weight is 253 g/mol. The second kappa shape index (κ2) is 4.81. The van der Waals surface area contributed by atoms with Crippen molar-refractivity contribution in [2.45, 2.75) is 13.3 Å². The van der Waals surface area contributed by atoms with E-state index in [4.69, 9.17) is 23.2 Å². The second-order valence-corrected chi connectivity index (χ2v) is 4.13. The van der Waals surface area contributed by atoms with Crippen molar-refractivity contribution < 1.29 is 0 Å². The molecule has 0 saturated heterocycles. The Bertz CT molecular complexity index is 512. The Morgan fingerprint density at radius 3 is 2.56 bits per heavy atom. The minimum Gasteiger partial charge on any atom is -0.233 e. The molecule has 0 unspecified atom stereocenters. The van der Waals surface area contributed by atoms with Gasteiger partial charge in [0.25, 0.3) is 0 Å². The molecule has 2 aromatic rings. The Labute approximate surface area is 104 Å². The number of hydrogen-bond donors (Lipinski definition) is 0. The molecule has 0 N–H and O–H groups in total. The van der Waals surface area contributed by atoms with Gasteiger partial charge in [-0.15, -0.1) is 0 Å². The molecule has 2 nitrogen and oxygen atoms in total. The van der Waals surface area contributed by atoms with E-state index in [0.29, 0.717) is 16.0 Å². The summed E-state index contributed by atoms with van der Waals surface area (Å²) in [6.45, 7) is 2.02. The first-order valence-corrected chi connectivity index (χ1v) is 5.74. The summed E-state index contributed by atoms with van der Waals surface area (Å²) in [6.07, 6.45) is 0.819. The maximum absolute atomic E-state index is 6.08.